The van der Waals surface area contributed by atoms with Crippen molar-refractivity contribution < 1.29 is 30.0 Å². The lowest BCUT2D eigenvalue weighted by Crippen LogP contribution is -2.15. The summed E-state index contributed by atoms with van der Waals surface area (Å²) in [5.41, 5.74) is -0.0345. The highest BCUT2D eigenvalue weighted by atomic mass is 16.4. The van der Waals surface area contributed by atoms with Gasteiger partial charge in [0.2, 0.25) is 0 Å². The first-order chi connectivity index (χ1) is 7.41. The van der Waals surface area contributed by atoms with Crippen LogP contribution in [0.3, 0.4) is 0 Å². The lowest BCUT2D eigenvalue weighted by atomic mass is 9.95. The van der Waals surface area contributed by atoms with Gasteiger partial charge in [0.25, 0.3) is 0 Å². The van der Waals surface area contributed by atoms with E-state index in [1.54, 1.807) is 0 Å². The zero-order chi connectivity index (χ0) is 12.3. The van der Waals surface area contributed by atoms with Crippen LogP contribution in [0, 0.1) is 0 Å². The molecule has 0 bridgehead atoms. The molecule has 1 aromatic carbocycles. The van der Waals surface area contributed by atoms with Crippen LogP contribution in [0.15, 0.2) is 18.2 Å². The van der Waals surface area contributed by atoms with Crippen LogP contribution in [0.2, 0.25) is 0 Å². The summed E-state index contributed by atoms with van der Waals surface area (Å²) in [6, 6.07) is 3.34. The summed E-state index contributed by atoms with van der Waals surface area (Å²) >= 11 is 0. The second-order valence-electron chi connectivity index (χ2n) is 3.23. The zero-order valence-corrected chi connectivity index (χ0v) is 8.12. The second-order valence-corrected chi connectivity index (χ2v) is 3.23. The predicted molar refractivity (Wildman–Crippen MR) is 52.4 cm³/mol. The molecule has 0 amide bonds. The van der Waals surface area contributed by atoms with E-state index >= 15 is 0 Å². The number of benzene rings is 1. The van der Waals surface area contributed by atoms with Crippen LogP contribution >= 0.6 is 0 Å². The van der Waals surface area contributed by atoms with Gasteiger partial charge in [-0.3, -0.25) is 9.59 Å². The van der Waals surface area contributed by atoms with Crippen molar-refractivity contribution in [2.45, 2.75) is 12.3 Å². The lowest BCUT2D eigenvalue weighted by molar-refractivity contribution is -0.145. The van der Waals surface area contributed by atoms with Crippen molar-refractivity contribution in [3.63, 3.8) is 0 Å². The summed E-state index contributed by atoms with van der Waals surface area (Å²) in [4.78, 5) is 21.3. The summed E-state index contributed by atoms with van der Waals surface area (Å²) in [5.74, 6) is -4.62. The fourth-order valence-corrected chi connectivity index (χ4v) is 1.33. The van der Waals surface area contributed by atoms with Gasteiger partial charge in [-0.25, -0.2) is 0 Å². The Bertz CT molecular complexity index is 425. The van der Waals surface area contributed by atoms with Crippen LogP contribution < -0.4 is 0 Å². The molecule has 0 fully saturated rings. The predicted octanol–water partition coefficient (Wildman–Crippen LogP) is 0.741. The smallest absolute Gasteiger partial charge is 0.311 e. The van der Waals surface area contributed by atoms with Gasteiger partial charge in [0.15, 0.2) is 0 Å². The molecule has 0 spiro atoms. The molecule has 0 heterocycles. The van der Waals surface area contributed by atoms with Crippen molar-refractivity contribution in [1.29, 1.82) is 0 Å². The van der Waals surface area contributed by atoms with Gasteiger partial charge in [-0.1, -0.05) is 6.07 Å². The number of phenols is 2. The first-order valence-corrected chi connectivity index (χ1v) is 4.38. The van der Waals surface area contributed by atoms with E-state index in [0.717, 1.165) is 6.07 Å². The molecular weight excluding hydrogens is 216 g/mol. The molecule has 0 saturated heterocycles. The summed E-state index contributed by atoms with van der Waals surface area (Å²) in [5, 5.41) is 35.8. The Morgan fingerprint density at radius 3 is 2.25 bits per heavy atom. The van der Waals surface area contributed by atoms with Gasteiger partial charge in [-0.15, -0.1) is 0 Å². The van der Waals surface area contributed by atoms with Crippen LogP contribution in [-0.2, 0) is 9.59 Å². The van der Waals surface area contributed by atoms with Gasteiger partial charge < -0.3 is 20.4 Å². The Morgan fingerprint density at radius 2 is 1.81 bits per heavy atom. The van der Waals surface area contributed by atoms with Crippen LogP contribution in [0.4, 0.5) is 0 Å². The molecule has 0 aliphatic carbocycles. The Hall–Kier alpha value is -2.24. The fraction of sp³-hybridized carbons (Fsp3) is 0.200. The van der Waals surface area contributed by atoms with Gasteiger partial charge >= 0.3 is 11.9 Å². The third kappa shape index (κ3) is 2.63. The summed E-state index contributed by atoms with van der Waals surface area (Å²) < 4.78 is 0. The molecule has 16 heavy (non-hydrogen) atoms. The topological polar surface area (TPSA) is 115 Å². The van der Waals surface area contributed by atoms with E-state index in [-0.39, 0.29) is 11.3 Å². The van der Waals surface area contributed by atoms with Crippen molar-refractivity contribution in [3.8, 4) is 11.5 Å². The molecule has 86 valence electrons. The molecule has 0 aliphatic heterocycles. The third-order valence-corrected chi connectivity index (χ3v) is 2.07. The Kier molecular flexibility index (Phi) is 3.34. The maximum atomic E-state index is 10.8. The summed E-state index contributed by atoms with van der Waals surface area (Å²) in [7, 11) is 0. The number of carboxylic acid groups (broad SMARTS) is 2. The minimum Gasteiger partial charge on any atom is -0.508 e. The molecule has 1 rings (SSSR count). The zero-order valence-electron chi connectivity index (χ0n) is 8.12. The van der Waals surface area contributed by atoms with Crippen LogP contribution in [0.1, 0.15) is 17.9 Å². The van der Waals surface area contributed by atoms with Crippen molar-refractivity contribution in [3.05, 3.63) is 23.8 Å². The number of hydrogen-bond acceptors (Lipinski definition) is 4. The van der Waals surface area contributed by atoms with Gasteiger partial charge in [0.05, 0.1) is 12.3 Å². The van der Waals surface area contributed by atoms with Crippen molar-refractivity contribution >= 4 is 11.9 Å². The summed E-state index contributed by atoms with van der Waals surface area (Å²) in [6.07, 6.45) is -0.631. The SMILES string of the molecule is O=C(O)CC(C(=O)O)c1ccc(O)cc1O. The second kappa shape index (κ2) is 4.52. The molecule has 4 N–H and O–H groups in total. The van der Waals surface area contributed by atoms with Crippen molar-refractivity contribution in [1.82, 2.24) is 0 Å². The van der Waals surface area contributed by atoms with Crippen molar-refractivity contribution in [2.24, 2.45) is 0 Å². The minimum atomic E-state index is -1.34. The lowest BCUT2D eigenvalue weighted by Gasteiger charge is -2.12. The molecule has 1 atom stereocenters. The molecule has 1 aromatic rings. The van der Waals surface area contributed by atoms with Crippen LogP contribution in [0.5, 0.6) is 11.5 Å². The van der Waals surface area contributed by atoms with E-state index in [1.165, 1.54) is 12.1 Å². The van der Waals surface area contributed by atoms with E-state index in [0.29, 0.717) is 0 Å². The molecule has 0 aliphatic rings. The standard InChI is InChI=1S/C10H10O6/c11-5-1-2-6(8(12)3-5)7(10(15)16)4-9(13)14/h1-3,7,11-12H,4H2,(H,13,14)(H,15,16). The molecule has 6 heteroatoms. The van der Waals surface area contributed by atoms with Gasteiger partial charge in [-0.2, -0.15) is 0 Å². The normalized spacial score (nSPS) is 12.0. The number of carbonyl (C=O) groups is 2. The molecular formula is C10H10O6. The molecule has 0 aromatic heterocycles. The minimum absolute atomic E-state index is 0.0345. The molecule has 6 nitrogen and oxygen atoms in total. The maximum absolute atomic E-state index is 10.8. The highest BCUT2D eigenvalue weighted by Crippen LogP contribution is 2.31. The van der Waals surface area contributed by atoms with Crippen LogP contribution in [0.25, 0.3) is 0 Å². The number of hydrogen-bond donors (Lipinski definition) is 4. The van der Waals surface area contributed by atoms with E-state index in [2.05, 4.69) is 0 Å². The number of aliphatic carboxylic acids is 2. The van der Waals surface area contributed by atoms with Crippen LogP contribution in [-0.4, -0.2) is 32.4 Å². The van der Waals surface area contributed by atoms with Gasteiger partial charge in [0, 0.05) is 11.6 Å². The maximum Gasteiger partial charge on any atom is 0.311 e. The Morgan fingerprint density at radius 1 is 1.19 bits per heavy atom. The molecule has 1 unspecified atom stereocenters. The van der Waals surface area contributed by atoms with Gasteiger partial charge in [-0.05, 0) is 6.07 Å². The quantitative estimate of drug-likeness (QED) is 0.601. The monoisotopic (exact) mass is 226 g/mol. The first-order valence-electron chi connectivity index (χ1n) is 4.38. The molecule has 0 saturated carbocycles. The highest BCUT2D eigenvalue weighted by Gasteiger charge is 2.25. The third-order valence-electron chi connectivity index (χ3n) is 2.07. The number of phenolic OH excluding ortho intramolecular Hbond substituents is 2. The fourth-order valence-electron chi connectivity index (χ4n) is 1.33. The average Bonchev–Trinajstić information content (AvgIpc) is 2.14. The number of carboxylic acids is 2. The average molecular weight is 226 g/mol. The number of rotatable bonds is 4. The van der Waals surface area contributed by atoms with Crippen molar-refractivity contribution in [2.75, 3.05) is 0 Å². The Labute approximate surface area is 90.4 Å². The van der Waals surface area contributed by atoms with E-state index < -0.39 is 30.0 Å². The van der Waals surface area contributed by atoms with E-state index in [4.69, 9.17) is 15.3 Å². The van der Waals surface area contributed by atoms with E-state index in [1.807, 2.05) is 0 Å². The number of aromatic hydroxyl groups is 2. The first kappa shape index (κ1) is 11.8. The largest absolute Gasteiger partial charge is 0.508 e. The Balaban J connectivity index is 3.10. The summed E-state index contributed by atoms with van der Waals surface area (Å²) in [6.45, 7) is 0. The van der Waals surface area contributed by atoms with E-state index in [9.17, 15) is 14.7 Å². The van der Waals surface area contributed by atoms with Gasteiger partial charge in [0.1, 0.15) is 11.5 Å². The molecule has 0 radical (unpaired) electrons. The highest BCUT2D eigenvalue weighted by molar-refractivity contribution is 5.83.